The Bertz CT molecular complexity index is 713. The van der Waals surface area contributed by atoms with E-state index in [1.165, 1.54) is 24.3 Å². The average molecular weight is 333 g/mol. The zero-order valence-electron chi connectivity index (χ0n) is 13.3. The van der Waals surface area contributed by atoms with E-state index in [2.05, 4.69) is 5.32 Å². The quantitative estimate of drug-likeness (QED) is 0.876. The van der Waals surface area contributed by atoms with Gasteiger partial charge in [0.1, 0.15) is 5.82 Å². The molecule has 0 aliphatic carbocycles. The highest BCUT2D eigenvalue weighted by Crippen LogP contribution is 2.14. The fourth-order valence-electron chi connectivity index (χ4n) is 2.16. The molecular weight excluding hydrogens is 313 g/mol. The molecule has 0 aliphatic rings. The Hall–Kier alpha value is -2.01. The van der Waals surface area contributed by atoms with Crippen molar-refractivity contribution in [2.75, 3.05) is 11.1 Å². The van der Waals surface area contributed by atoms with Crippen LogP contribution in [0.5, 0.6) is 0 Å². The molecular formula is C18H20FNO2S. The van der Waals surface area contributed by atoms with Crippen LogP contribution in [0, 0.1) is 19.7 Å². The minimum absolute atomic E-state index is 0.175. The maximum Gasteiger partial charge on any atom is 0.225 e. The maximum absolute atomic E-state index is 12.8. The summed E-state index contributed by atoms with van der Waals surface area (Å²) in [6.45, 7) is 4.00. The van der Waals surface area contributed by atoms with E-state index in [1.807, 2.05) is 32.0 Å². The van der Waals surface area contributed by atoms with Gasteiger partial charge in [-0.3, -0.25) is 9.00 Å². The molecule has 2 aromatic carbocycles. The van der Waals surface area contributed by atoms with Gasteiger partial charge in [0, 0.05) is 34.4 Å². The monoisotopic (exact) mass is 333 g/mol. The molecule has 23 heavy (non-hydrogen) atoms. The number of anilines is 1. The predicted molar refractivity (Wildman–Crippen MR) is 92.3 cm³/mol. The number of rotatable bonds is 6. The lowest BCUT2D eigenvalue weighted by Crippen LogP contribution is -2.15. The van der Waals surface area contributed by atoms with Gasteiger partial charge in [0.2, 0.25) is 5.91 Å². The first-order valence-corrected chi connectivity index (χ1v) is 8.89. The van der Waals surface area contributed by atoms with E-state index < -0.39 is 10.8 Å². The molecule has 0 aromatic heterocycles. The van der Waals surface area contributed by atoms with E-state index in [0.29, 0.717) is 17.2 Å². The third-order valence-electron chi connectivity index (χ3n) is 3.51. The third kappa shape index (κ3) is 5.60. The van der Waals surface area contributed by atoms with Crippen LogP contribution in [-0.2, 0) is 21.3 Å². The molecule has 0 radical (unpaired) electrons. The molecule has 1 amide bonds. The molecule has 5 heteroatoms. The van der Waals surface area contributed by atoms with Crippen molar-refractivity contribution in [2.45, 2.75) is 26.0 Å². The van der Waals surface area contributed by atoms with Gasteiger partial charge in [0.05, 0.1) is 0 Å². The van der Waals surface area contributed by atoms with E-state index in [4.69, 9.17) is 0 Å². The summed E-state index contributed by atoms with van der Waals surface area (Å²) < 4.78 is 25.0. The van der Waals surface area contributed by atoms with E-state index >= 15 is 0 Å². The smallest absolute Gasteiger partial charge is 0.225 e. The molecule has 0 fully saturated rings. The highest BCUT2D eigenvalue weighted by molar-refractivity contribution is 7.84. The Balaban J connectivity index is 1.83. The molecule has 1 N–H and O–H groups in total. The summed E-state index contributed by atoms with van der Waals surface area (Å²) in [4.78, 5) is 11.8. The summed E-state index contributed by atoms with van der Waals surface area (Å²) in [5.41, 5.74) is 3.84. The Morgan fingerprint density at radius 1 is 1.13 bits per heavy atom. The van der Waals surface area contributed by atoms with Gasteiger partial charge >= 0.3 is 0 Å². The summed E-state index contributed by atoms with van der Waals surface area (Å²) >= 11 is 0. The highest BCUT2D eigenvalue weighted by atomic mass is 32.2. The zero-order valence-corrected chi connectivity index (χ0v) is 14.1. The number of amides is 1. The molecule has 2 rings (SSSR count). The molecule has 0 bridgehead atoms. The molecule has 3 nitrogen and oxygen atoms in total. The Morgan fingerprint density at radius 2 is 1.83 bits per heavy atom. The van der Waals surface area contributed by atoms with E-state index in [-0.39, 0.29) is 18.1 Å². The Labute approximate surface area is 138 Å². The molecule has 0 saturated heterocycles. The SMILES string of the molecule is Cc1ccc(C)c(C[S@@](=O)CCC(=O)Nc2ccc(F)cc2)c1. The first-order chi connectivity index (χ1) is 10.9. The van der Waals surface area contributed by atoms with Gasteiger partial charge in [-0.2, -0.15) is 0 Å². The van der Waals surface area contributed by atoms with Gasteiger partial charge in [-0.1, -0.05) is 23.8 Å². The van der Waals surface area contributed by atoms with Gasteiger partial charge in [-0.15, -0.1) is 0 Å². The maximum atomic E-state index is 12.8. The molecule has 0 saturated carbocycles. The van der Waals surface area contributed by atoms with Gasteiger partial charge in [-0.25, -0.2) is 4.39 Å². The number of aryl methyl sites for hydroxylation is 2. The van der Waals surface area contributed by atoms with Crippen molar-refractivity contribution < 1.29 is 13.4 Å². The molecule has 0 aliphatic heterocycles. The molecule has 0 heterocycles. The number of carbonyl (C=O) groups excluding carboxylic acids is 1. The Kier molecular flexibility index (Phi) is 6.04. The van der Waals surface area contributed by atoms with Gasteiger partial charge < -0.3 is 5.32 Å². The van der Waals surface area contributed by atoms with Crippen molar-refractivity contribution in [3.63, 3.8) is 0 Å². The third-order valence-corrected chi connectivity index (χ3v) is 4.80. The van der Waals surface area contributed by atoms with Gasteiger partial charge in [0.15, 0.2) is 0 Å². The van der Waals surface area contributed by atoms with E-state index in [1.54, 1.807) is 0 Å². The topological polar surface area (TPSA) is 46.2 Å². The summed E-state index contributed by atoms with van der Waals surface area (Å²) in [5.74, 6) is 0.196. The number of nitrogens with one attached hydrogen (secondary N) is 1. The highest BCUT2D eigenvalue weighted by Gasteiger charge is 2.09. The minimum atomic E-state index is -1.09. The summed E-state index contributed by atoms with van der Waals surface area (Å²) in [6.07, 6.45) is 0.175. The lowest BCUT2D eigenvalue weighted by atomic mass is 10.1. The summed E-state index contributed by atoms with van der Waals surface area (Å²) in [6, 6.07) is 11.6. The second-order valence-electron chi connectivity index (χ2n) is 5.52. The summed E-state index contributed by atoms with van der Waals surface area (Å²) in [5, 5.41) is 2.67. The average Bonchev–Trinajstić information content (AvgIpc) is 2.51. The second kappa shape index (κ2) is 8.02. The van der Waals surface area contributed by atoms with Crippen LogP contribution in [0.15, 0.2) is 42.5 Å². The summed E-state index contributed by atoms with van der Waals surface area (Å²) in [7, 11) is -1.09. The lowest BCUT2D eigenvalue weighted by Gasteiger charge is -2.08. The molecule has 1 atom stereocenters. The molecule has 0 spiro atoms. The number of carbonyl (C=O) groups is 1. The normalized spacial score (nSPS) is 12.0. The van der Waals surface area contributed by atoms with E-state index in [0.717, 1.165) is 16.7 Å². The van der Waals surface area contributed by atoms with Crippen LogP contribution < -0.4 is 5.32 Å². The second-order valence-corrected chi connectivity index (χ2v) is 7.10. The fourth-order valence-corrected chi connectivity index (χ4v) is 3.38. The van der Waals surface area contributed by atoms with Crippen molar-refractivity contribution in [1.82, 2.24) is 0 Å². The van der Waals surface area contributed by atoms with Crippen LogP contribution in [0.1, 0.15) is 23.1 Å². The van der Waals surface area contributed by atoms with Crippen LogP contribution >= 0.6 is 0 Å². The predicted octanol–water partition coefficient (Wildman–Crippen LogP) is 3.72. The number of hydrogen-bond donors (Lipinski definition) is 1. The van der Waals surface area contributed by atoms with Gasteiger partial charge in [0.25, 0.3) is 0 Å². The van der Waals surface area contributed by atoms with Crippen LogP contribution in [0.25, 0.3) is 0 Å². The first-order valence-electron chi connectivity index (χ1n) is 7.40. The molecule has 122 valence electrons. The number of benzene rings is 2. The van der Waals surface area contributed by atoms with Crippen LogP contribution in [0.3, 0.4) is 0 Å². The zero-order chi connectivity index (χ0) is 16.8. The van der Waals surface area contributed by atoms with Crippen molar-refractivity contribution in [2.24, 2.45) is 0 Å². The minimum Gasteiger partial charge on any atom is -0.326 e. The standard InChI is InChI=1S/C18H20FNO2S/c1-13-3-4-14(2)15(11-13)12-23(22)10-9-18(21)20-17-7-5-16(19)6-8-17/h3-8,11H,9-10,12H2,1-2H3,(H,20,21)/t23-/m0/s1. The first kappa shape index (κ1) is 17.3. The van der Waals surface area contributed by atoms with Crippen LogP contribution in [0.4, 0.5) is 10.1 Å². The van der Waals surface area contributed by atoms with Crippen LogP contribution in [-0.4, -0.2) is 15.9 Å². The number of hydrogen-bond acceptors (Lipinski definition) is 2. The van der Waals surface area contributed by atoms with E-state index in [9.17, 15) is 13.4 Å². The van der Waals surface area contributed by atoms with Crippen LogP contribution in [0.2, 0.25) is 0 Å². The van der Waals surface area contributed by atoms with Crippen molar-refractivity contribution in [3.8, 4) is 0 Å². The van der Waals surface area contributed by atoms with Crippen molar-refractivity contribution in [1.29, 1.82) is 0 Å². The number of halogens is 1. The Morgan fingerprint density at radius 3 is 2.52 bits per heavy atom. The molecule has 2 aromatic rings. The molecule has 0 unspecified atom stereocenters. The van der Waals surface area contributed by atoms with Crippen molar-refractivity contribution >= 4 is 22.4 Å². The van der Waals surface area contributed by atoms with Gasteiger partial charge in [-0.05, 0) is 49.2 Å². The fraction of sp³-hybridized carbons (Fsp3) is 0.278. The lowest BCUT2D eigenvalue weighted by molar-refractivity contribution is -0.115. The van der Waals surface area contributed by atoms with Crippen molar-refractivity contribution in [3.05, 3.63) is 65.0 Å². The largest absolute Gasteiger partial charge is 0.326 e.